The van der Waals surface area contributed by atoms with E-state index in [1.54, 1.807) is 0 Å². The Bertz CT molecular complexity index is 171. The molecule has 20 heavy (non-hydrogen) atoms. The Balaban J connectivity index is 3.07. The fourth-order valence-electron chi connectivity index (χ4n) is 2.68. The summed E-state index contributed by atoms with van der Waals surface area (Å²) in [6.45, 7) is 2.57. The van der Waals surface area contributed by atoms with Gasteiger partial charge in [-0.25, -0.2) is 0 Å². The summed E-state index contributed by atoms with van der Waals surface area (Å²) in [5.41, 5.74) is 0. The van der Waals surface area contributed by atoms with Crippen LogP contribution >= 0.6 is 0 Å². The Morgan fingerprint density at radius 2 is 1.00 bits per heavy atom. The Kier molecular flexibility index (Phi) is 16.9. The van der Waals surface area contributed by atoms with Crippen LogP contribution in [0.15, 0.2) is 0 Å². The third-order valence-electron chi connectivity index (χ3n) is 4.09. The molecule has 0 radical (unpaired) electrons. The second-order valence-electron chi connectivity index (χ2n) is 6.20. The maximum absolute atomic E-state index is 9.85. The minimum Gasteiger partial charge on any atom is -0.396 e. The van der Waals surface area contributed by atoms with Gasteiger partial charge in [0.25, 0.3) is 0 Å². The molecular weight excluding hydrogens is 248 g/mol. The molecule has 0 aliphatic heterocycles. The van der Waals surface area contributed by atoms with Gasteiger partial charge < -0.3 is 10.2 Å². The monoisotopic (exact) mass is 286 g/mol. The summed E-state index contributed by atoms with van der Waals surface area (Å²) in [7, 11) is 0. The average molecular weight is 286 g/mol. The lowest BCUT2D eigenvalue weighted by atomic mass is 10.0. The molecule has 0 rings (SSSR count). The van der Waals surface area contributed by atoms with Crippen LogP contribution in [0, 0.1) is 0 Å². The molecule has 0 aromatic carbocycles. The van der Waals surface area contributed by atoms with Crippen molar-refractivity contribution in [1.29, 1.82) is 0 Å². The van der Waals surface area contributed by atoms with Crippen molar-refractivity contribution in [3.8, 4) is 0 Å². The number of aliphatic hydroxyl groups excluding tert-OH is 2. The molecule has 0 aromatic heterocycles. The van der Waals surface area contributed by atoms with Crippen molar-refractivity contribution in [2.75, 3.05) is 6.61 Å². The summed E-state index contributed by atoms with van der Waals surface area (Å²) in [4.78, 5) is 0. The average Bonchev–Trinajstić information content (AvgIpc) is 2.45. The van der Waals surface area contributed by atoms with E-state index in [1.807, 2.05) is 0 Å². The Morgan fingerprint density at radius 3 is 1.45 bits per heavy atom. The minimum absolute atomic E-state index is 0.0506. The molecule has 0 bridgehead atoms. The summed E-state index contributed by atoms with van der Waals surface area (Å²) in [6, 6.07) is 0. The molecule has 0 fully saturated rings. The molecule has 0 aliphatic rings. The van der Waals surface area contributed by atoms with Crippen molar-refractivity contribution >= 4 is 0 Å². The first kappa shape index (κ1) is 19.9. The highest BCUT2D eigenvalue weighted by Crippen LogP contribution is 2.14. The predicted octanol–water partition coefficient (Wildman–Crippen LogP) is 5.21. The Morgan fingerprint density at radius 1 is 0.600 bits per heavy atom. The van der Waals surface area contributed by atoms with Crippen LogP contribution in [0.3, 0.4) is 0 Å². The molecule has 0 aromatic rings. The third kappa shape index (κ3) is 16.0. The number of hydrogen-bond acceptors (Lipinski definition) is 2. The lowest BCUT2D eigenvalue weighted by Crippen LogP contribution is -2.05. The van der Waals surface area contributed by atoms with E-state index < -0.39 is 0 Å². The topological polar surface area (TPSA) is 40.5 Å². The van der Waals surface area contributed by atoms with Gasteiger partial charge in [-0.1, -0.05) is 84.0 Å². The SMILES string of the molecule is CCCCCC[C@@H](O)CCCCCCCCCCCO. The van der Waals surface area contributed by atoms with E-state index in [1.165, 1.54) is 77.0 Å². The first-order chi connectivity index (χ1) is 9.81. The third-order valence-corrected chi connectivity index (χ3v) is 4.09. The van der Waals surface area contributed by atoms with E-state index in [2.05, 4.69) is 6.92 Å². The second kappa shape index (κ2) is 17.0. The van der Waals surface area contributed by atoms with Gasteiger partial charge in [0.1, 0.15) is 0 Å². The predicted molar refractivity (Wildman–Crippen MR) is 88.0 cm³/mol. The number of unbranched alkanes of at least 4 members (excludes halogenated alkanes) is 11. The van der Waals surface area contributed by atoms with Crippen molar-refractivity contribution in [3.05, 3.63) is 0 Å². The molecule has 2 nitrogen and oxygen atoms in total. The van der Waals surface area contributed by atoms with Gasteiger partial charge >= 0.3 is 0 Å². The maximum Gasteiger partial charge on any atom is 0.0540 e. The van der Waals surface area contributed by atoms with Crippen LogP contribution in [0.25, 0.3) is 0 Å². The lowest BCUT2D eigenvalue weighted by Gasteiger charge is -2.10. The van der Waals surface area contributed by atoms with Crippen molar-refractivity contribution in [2.45, 2.75) is 109 Å². The van der Waals surface area contributed by atoms with E-state index in [9.17, 15) is 5.11 Å². The van der Waals surface area contributed by atoms with Gasteiger partial charge in [0.15, 0.2) is 0 Å². The fraction of sp³-hybridized carbons (Fsp3) is 1.00. The number of aliphatic hydroxyl groups is 2. The van der Waals surface area contributed by atoms with Crippen LogP contribution in [-0.2, 0) is 0 Å². The van der Waals surface area contributed by atoms with Crippen LogP contribution in [0.4, 0.5) is 0 Å². The molecule has 2 N–H and O–H groups in total. The lowest BCUT2D eigenvalue weighted by molar-refractivity contribution is 0.147. The molecule has 0 saturated carbocycles. The van der Waals surface area contributed by atoms with E-state index in [0.29, 0.717) is 6.61 Å². The van der Waals surface area contributed by atoms with Gasteiger partial charge in [-0.05, 0) is 19.3 Å². The molecule has 0 heterocycles. The zero-order valence-electron chi connectivity index (χ0n) is 13.8. The normalized spacial score (nSPS) is 12.8. The zero-order chi connectivity index (χ0) is 14.9. The van der Waals surface area contributed by atoms with Crippen LogP contribution in [-0.4, -0.2) is 22.9 Å². The second-order valence-corrected chi connectivity index (χ2v) is 6.20. The Hall–Kier alpha value is -0.0800. The highest BCUT2D eigenvalue weighted by Gasteiger charge is 2.03. The molecule has 0 amide bonds. The maximum atomic E-state index is 9.85. The van der Waals surface area contributed by atoms with E-state index in [4.69, 9.17) is 5.11 Å². The fourth-order valence-corrected chi connectivity index (χ4v) is 2.68. The molecule has 122 valence electrons. The van der Waals surface area contributed by atoms with Gasteiger partial charge in [-0.3, -0.25) is 0 Å². The molecule has 2 heteroatoms. The molecular formula is C18H38O2. The summed E-state index contributed by atoms with van der Waals surface area (Å²) in [5.74, 6) is 0. The van der Waals surface area contributed by atoms with Crippen molar-refractivity contribution in [2.24, 2.45) is 0 Å². The highest BCUT2D eigenvalue weighted by molar-refractivity contribution is 4.57. The summed E-state index contributed by atoms with van der Waals surface area (Å²) < 4.78 is 0. The van der Waals surface area contributed by atoms with Crippen LogP contribution in [0.1, 0.15) is 103 Å². The van der Waals surface area contributed by atoms with Crippen molar-refractivity contribution in [1.82, 2.24) is 0 Å². The summed E-state index contributed by atoms with van der Waals surface area (Å²) in [5, 5.41) is 18.5. The smallest absolute Gasteiger partial charge is 0.0540 e. The van der Waals surface area contributed by atoms with Gasteiger partial charge in [0, 0.05) is 6.61 Å². The first-order valence-electron chi connectivity index (χ1n) is 9.10. The molecule has 1 atom stereocenters. The first-order valence-corrected chi connectivity index (χ1v) is 9.10. The van der Waals surface area contributed by atoms with Crippen LogP contribution in [0.2, 0.25) is 0 Å². The number of hydrogen-bond donors (Lipinski definition) is 2. The molecule has 0 unspecified atom stereocenters. The summed E-state index contributed by atoms with van der Waals surface area (Å²) in [6.07, 6.45) is 18.2. The van der Waals surface area contributed by atoms with Gasteiger partial charge in [-0.15, -0.1) is 0 Å². The van der Waals surface area contributed by atoms with Gasteiger partial charge in [0.2, 0.25) is 0 Å². The van der Waals surface area contributed by atoms with Crippen molar-refractivity contribution < 1.29 is 10.2 Å². The zero-order valence-corrected chi connectivity index (χ0v) is 13.8. The van der Waals surface area contributed by atoms with Crippen molar-refractivity contribution in [3.63, 3.8) is 0 Å². The van der Waals surface area contributed by atoms with Gasteiger partial charge in [0.05, 0.1) is 6.10 Å². The molecule has 0 spiro atoms. The standard InChI is InChI=1S/C18H38O2/c1-2-3-4-12-15-18(20)16-13-10-8-6-5-7-9-11-14-17-19/h18-20H,2-17H2,1H3/t18-/m1/s1. The van der Waals surface area contributed by atoms with E-state index in [-0.39, 0.29) is 6.10 Å². The van der Waals surface area contributed by atoms with Crippen LogP contribution < -0.4 is 0 Å². The van der Waals surface area contributed by atoms with Crippen LogP contribution in [0.5, 0.6) is 0 Å². The van der Waals surface area contributed by atoms with E-state index >= 15 is 0 Å². The highest BCUT2D eigenvalue weighted by atomic mass is 16.3. The largest absolute Gasteiger partial charge is 0.396 e. The van der Waals surface area contributed by atoms with E-state index in [0.717, 1.165) is 19.3 Å². The van der Waals surface area contributed by atoms with Gasteiger partial charge in [-0.2, -0.15) is 0 Å². The minimum atomic E-state index is -0.0506. The Labute approximate surface area is 127 Å². The quantitative estimate of drug-likeness (QED) is 0.382. The molecule has 0 saturated heterocycles. The number of rotatable bonds is 16. The molecule has 0 aliphatic carbocycles. The summed E-state index contributed by atoms with van der Waals surface area (Å²) >= 11 is 0.